The Bertz CT molecular complexity index is 758. The van der Waals surface area contributed by atoms with E-state index in [9.17, 15) is 9.90 Å². The number of hydrogen-bond donors (Lipinski definition) is 3. The molecule has 0 unspecified atom stereocenters. The van der Waals surface area contributed by atoms with Crippen molar-refractivity contribution in [2.75, 3.05) is 11.1 Å². The van der Waals surface area contributed by atoms with Crippen LogP contribution in [-0.4, -0.2) is 48.3 Å². The first-order valence-corrected chi connectivity index (χ1v) is 8.64. The minimum Gasteiger partial charge on any atom is -0.465 e. The Kier molecular flexibility index (Phi) is 4.45. The number of hydrogen-bond acceptors (Lipinski definition) is 5. The Morgan fingerprint density at radius 1 is 1.36 bits per heavy atom. The zero-order valence-corrected chi connectivity index (χ0v) is 14.9. The van der Waals surface area contributed by atoms with Gasteiger partial charge in [-0.3, -0.25) is 0 Å². The molecule has 1 fully saturated rings. The third-order valence-corrected chi connectivity index (χ3v) is 4.73. The molecule has 0 spiro atoms. The van der Waals surface area contributed by atoms with Gasteiger partial charge in [0.05, 0.1) is 5.69 Å². The lowest BCUT2D eigenvalue weighted by Crippen LogP contribution is -2.52. The highest BCUT2D eigenvalue weighted by Crippen LogP contribution is 2.30. The zero-order chi connectivity index (χ0) is 18.2. The number of nitrogens with two attached hydrogens (primary N) is 1. The lowest BCUT2D eigenvalue weighted by atomic mass is 9.88. The van der Waals surface area contributed by atoms with E-state index in [-0.39, 0.29) is 17.6 Å². The predicted molar refractivity (Wildman–Crippen MR) is 96.7 cm³/mol. The van der Waals surface area contributed by atoms with Crippen LogP contribution in [0.1, 0.15) is 46.5 Å². The SMILES string of the molecule is CC(C)(C)N(C(=O)O)C1CCC(Nc2cc(N)c3nccn3n2)CC1. The normalized spacial score (nSPS) is 21.2. The molecule has 2 aromatic heterocycles. The van der Waals surface area contributed by atoms with Crippen molar-refractivity contribution in [3.8, 4) is 0 Å². The van der Waals surface area contributed by atoms with Gasteiger partial charge in [0, 0.05) is 36.1 Å². The first kappa shape index (κ1) is 17.3. The van der Waals surface area contributed by atoms with Crippen LogP contribution in [0.3, 0.4) is 0 Å². The Hall–Kier alpha value is -2.51. The molecular weight excluding hydrogens is 320 g/mol. The third-order valence-electron chi connectivity index (χ3n) is 4.73. The maximum Gasteiger partial charge on any atom is 0.407 e. The molecule has 3 rings (SSSR count). The summed E-state index contributed by atoms with van der Waals surface area (Å²) in [6.07, 6.45) is 6.06. The Morgan fingerprint density at radius 2 is 2.04 bits per heavy atom. The fourth-order valence-corrected chi connectivity index (χ4v) is 3.69. The summed E-state index contributed by atoms with van der Waals surface area (Å²) in [5, 5.41) is 17.4. The lowest BCUT2D eigenvalue weighted by Gasteiger charge is -2.42. The predicted octanol–water partition coefficient (Wildman–Crippen LogP) is 2.81. The molecule has 2 heterocycles. The van der Waals surface area contributed by atoms with E-state index in [2.05, 4.69) is 15.4 Å². The summed E-state index contributed by atoms with van der Waals surface area (Å²) < 4.78 is 1.66. The summed E-state index contributed by atoms with van der Waals surface area (Å²) in [7, 11) is 0. The number of carbonyl (C=O) groups is 1. The number of amides is 1. The van der Waals surface area contributed by atoms with Gasteiger partial charge in [0.1, 0.15) is 5.82 Å². The van der Waals surface area contributed by atoms with Gasteiger partial charge in [-0.15, -0.1) is 5.10 Å². The molecule has 0 aromatic carbocycles. The highest BCUT2D eigenvalue weighted by Gasteiger charge is 2.35. The van der Waals surface area contributed by atoms with Crippen LogP contribution in [0.2, 0.25) is 0 Å². The van der Waals surface area contributed by atoms with Gasteiger partial charge in [-0.2, -0.15) is 0 Å². The monoisotopic (exact) mass is 346 g/mol. The van der Waals surface area contributed by atoms with Crippen LogP contribution in [0.15, 0.2) is 18.5 Å². The molecule has 1 amide bonds. The molecule has 8 heteroatoms. The molecule has 2 aromatic rings. The molecule has 25 heavy (non-hydrogen) atoms. The number of nitrogen functional groups attached to an aromatic ring is 1. The van der Waals surface area contributed by atoms with Gasteiger partial charge in [-0.25, -0.2) is 14.3 Å². The summed E-state index contributed by atoms with van der Waals surface area (Å²) in [5.74, 6) is 0.720. The molecule has 1 saturated carbocycles. The molecular formula is C17H26N6O2. The van der Waals surface area contributed by atoms with E-state index in [1.54, 1.807) is 27.9 Å². The van der Waals surface area contributed by atoms with Gasteiger partial charge in [0.15, 0.2) is 5.65 Å². The maximum atomic E-state index is 11.6. The smallest absolute Gasteiger partial charge is 0.407 e. The molecule has 0 bridgehead atoms. The van der Waals surface area contributed by atoms with Gasteiger partial charge in [-0.1, -0.05) is 0 Å². The van der Waals surface area contributed by atoms with Gasteiger partial charge in [0.2, 0.25) is 0 Å². The number of nitrogens with zero attached hydrogens (tertiary/aromatic N) is 4. The van der Waals surface area contributed by atoms with E-state index in [0.717, 1.165) is 31.5 Å². The van der Waals surface area contributed by atoms with E-state index in [1.807, 2.05) is 20.8 Å². The van der Waals surface area contributed by atoms with Crippen molar-refractivity contribution in [3.63, 3.8) is 0 Å². The van der Waals surface area contributed by atoms with Gasteiger partial charge < -0.3 is 21.1 Å². The van der Waals surface area contributed by atoms with Crippen LogP contribution in [0, 0.1) is 0 Å². The first-order chi connectivity index (χ1) is 11.8. The number of carboxylic acid groups (broad SMARTS) is 1. The average Bonchev–Trinajstić information content (AvgIpc) is 2.96. The molecule has 0 saturated heterocycles. The van der Waals surface area contributed by atoms with Crippen LogP contribution in [0.25, 0.3) is 5.65 Å². The summed E-state index contributed by atoms with van der Waals surface area (Å²) in [4.78, 5) is 17.4. The molecule has 1 aliphatic carbocycles. The van der Waals surface area contributed by atoms with Crippen molar-refractivity contribution in [1.29, 1.82) is 0 Å². The van der Waals surface area contributed by atoms with E-state index < -0.39 is 6.09 Å². The van der Waals surface area contributed by atoms with Crippen molar-refractivity contribution in [2.45, 2.75) is 64.1 Å². The highest BCUT2D eigenvalue weighted by atomic mass is 16.4. The van der Waals surface area contributed by atoms with Crippen molar-refractivity contribution in [1.82, 2.24) is 19.5 Å². The summed E-state index contributed by atoms with van der Waals surface area (Å²) in [6.45, 7) is 5.83. The lowest BCUT2D eigenvalue weighted by molar-refractivity contribution is 0.0556. The molecule has 4 N–H and O–H groups in total. The molecule has 0 atom stereocenters. The summed E-state index contributed by atoms with van der Waals surface area (Å²) in [5.41, 5.74) is 6.86. The van der Waals surface area contributed by atoms with E-state index in [0.29, 0.717) is 11.3 Å². The van der Waals surface area contributed by atoms with Crippen LogP contribution >= 0.6 is 0 Å². The summed E-state index contributed by atoms with van der Waals surface area (Å²) in [6, 6.07) is 2.12. The molecule has 0 aliphatic heterocycles. The first-order valence-electron chi connectivity index (χ1n) is 8.64. The van der Waals surface area contributed by atoms with Crippen LogP contribution in [-0.2, 0) is 0 Å². The molecule has 136 valence electrons. The number of anilines is 2. The second-order valence-corrected chi connectivity index (χ2v) is 7.65. The quantitative estimate of drug-likeness (QED) is 0.788. The van der Waals surface area contributed by atoms with Crippen molar-refractivity contribution in [2.24, 2.45) is 0 Å². The zero-order valence-electron chi connectivity index (χ0n) is 14.9. The highest BCUT2D eigenvalue weighted by molar-refractivity contribution is 5.67. The minimum atomic E-state index is -0.844. The number of imidazole rings is 1. The van der Waals surface area contributed by atoms with Crippen LogP contribution in [0.5, 0.6) is 0 Å². The van der Waals surface area contributed by atoms with Gasteiger partial charge >= 0.3 is 6.09 Å². The number of fused-ring (bicyclic) bond motifs is 1. The Labute approximate surface area is 147 Å². The van der Waals surface area contributed by atoms with E-state index in [4.69, 9.17) is 5.73 Å². The largest absolute Gasteiger partial charge is 0.465 e. The van der Waals surface area contributed by atoms with Gasteiger partial charge in [0.25, 0.3) is 0 Å². The van der Waals surface area contributed by atoms with Crippen LogP contribution < -0.4 is 11.1 Å². The minimum absolute atomic E-state index is 0.0599. The topological polar surface area (TPSA) is 109 Å². The number of aromatic nitrogens is 3. The van der Waals surface area contributed by atoms with Gasteiger partial charge in [-0.05, 0) is 46.5 Å². The Morgan fingerprint density at radius 3 is 2.64 bits per heavy atom. The van der Waals surface area contributed by atoms with Crippen molar-refractivity contribution in [3.05, 3.63) is 18.5 Å². The fraction of sp³-hybridized carbons (Fsp3) is 0.588. The molecule has 0 radical (unpaired) electrons. The van der Waals surface area contributed by atoms with Crippen LogP contribution in [0.4, 0.5) is 16.3 Å². The number of rotatable bonds is 3. The fourth-order valence-electron chi connectivity index (χ4n) is 3.69. The van der Waals surface area contributed by atoms with E-state index >= 15 is 0 Å². The Balaban J connectivity index is 1.64. The second kappa shape index (κ2) is 6.42. The number of nitrogens with one attached hydrogen (secondary N) is 1. The average molecular weight is 346 g/mol. The van der Waals surface area contributed by atoms with Crippen molar-refractivity contribution >= 4 is 23.2 Å². The van der Waals surface area contributed by atoms with E-state index in [1.165, 1.54) is 0 Å². The third kappa shape index (κ3) is 3.62. The second-order valence-electron chi connectivity index (χ2n) is 7.65. The standard InChI is InChI=1S/C17H26N6O2/c1-17(2,3)23(16(24)25)12-6-4-11(5-7-12)20-14-10-13(18)15-19-8-9-22(15)21-14/h8-12H,4-7,18H2,1-3H3,(H,20,21)(H,24,25). The summed E-state index contributed by atoms with van der Waals surface area (Å²) >= 11 is 0. The molecule has 8 nitrogen and oxygen atoms in total. The maximum absolute atomic E-state index is 11.6. The van der Waals surface area contributed by atoms with Crippen molar-refractivity contribution < 1.29 is 9.90 Å². The molecule has 1 aliphatic rings.